The summed E-state index contributed by atoms with van der Waals surface area (Å²) in [6, 6.07) is 13.7. The smallest absolute Gasteiger partial charge is 0.329 e. The summed E-state index contributed by atoms with van der Waals surface area (Å²) in [5, 5.41) is 2.63. The summed E-state index contributed by atoms with van der Waals surface area (Å²) >= 11 is 0. The lowest BCUT2D eigenvalue weighted by molar-refractivity contribution is -0.158. The van der Waals surface area contributed by atoms with Crippen LogP contribution in [0.15, 0.2) is 54.6 Å². The molecular formula is C35H51N5O7. The first-order valence-electron chi connectivity index (χ1n) is 15.8. The molecule has 0 aliphatic carbocycles. The number of nitrogens with two attached hydrogens (primary N) is 1. The molecule has 0 aliphatic rings. The van der Waals surface area contributed by atoms with Gasteiger partial charge in [-0.1, -0.05) is 70.2 Å². The Labute approximate surface area is 278 Å². The van der Waals surface area contributed by atoms with Gasteiger partial charge in [0.2, 0.25) is 23.6 Å². The summed E-state index contributed by atoms with van der Waals surface area (Å²) in [7, 11) is 6.08. The third kappa shape index (κ3) is 11.4. The van der Waals surface area contributed by atoms with Gasteiger partial charge in [-0.15, -0.1) is 0 Å². The Morgan fingerprint density at radius 1 is 0.787 bits per heavy atom. The second-order valence-electron chi connectivity index (χ2n) is 12.4. The molecule has 2 aromatic rings. The zero-order chi connectivity index (χ0) is 35.3. The van der Waals surface area contributed by atoms with Gasteiger partial charge in [-0.2, -0.15) is 0 Å². The van der Waals surface area contributed by atoms with Gasteiger partial charge in [0.1, 0.15) is 30.5 Å². The molecule has 258 valence electrons. The van der Waals surface area contributed by atoms with Gasteiger partial charge in [0.15, 0.2) is 0 Å². The maximum Gasteiger partial charge on any atom is 0.329 e. The average molecular weight is 654 g/mol. The molecule has 2 aromatic carbocycles. The van der Waals surface area contributed by atoms with E-state index in [2.05, 4.69) is 5.32 Å². The Hall–Kier alpha value is -4.45. The molecule has 0 saturated heterocycles. The van der Waals surface area contributed by atoms with E-state index in [0.29, 0.717) is 12.2 Å². The van der Waals surface area contributed by atoms with E-state index in [4.69, 9.17) is 15.2 Å². The molecule has 0 saturated carbocycles. The number of esters is 1. The summed E-state index contributed by atoms with van der Waals surface area (Å²) < 4.78 is 10.9. The molecular weight excluding hydrogens is 602 g/mol. The first-order chi connectivity index (χ1) is 22.2. The van der Waals surface area contributed by atoms with Crippen LogP contribution in [0.25, 0.3) is 0 Å². The van der Waals surface area contributed by atoms with Gasteiger partial charge in [-0.25, -0.2) is 4.79 Å². The molecule has 0 fully saturated rings. The molecule has 12 nitrogen and oxygen atoms in total. The van der Waals surface area contributed by atoms with Crippen LogP contribution < -0.4 is 15.8 Å². The Morgan fingerprint density at radius 2 is 1.40 bits per heavy atom. The van der Waals surface area contributed by atoms with Gasteiger partial charge < -0.3 is 35.2 Å². The minimum Gasteiger partial charge on any atom is -0.497 e. The molecule has 0 radical (unpaired) electrons. The number of nitrogens with zero attached hydrogens (tertiary/aromatic N) is 3. The van der Waals surface area contributed by atoms with Gasteiger partial charge in [0, 0.05) is 27.6 Å². The summed E-state index contributed by atoms with van der Waals surface area (Å²) in [6.07, 6.45) is 0.552. The molecule has 47 heavy (non-hydrogen) atoms. The van der Waals surface area contributed by atoms with Crippen molar-refractivity contribution in [2.45, 2.75) is 65.3 Å². The van der Waals surface area contributed by atoms with Crippen LogP contribution in [-0.4, -0.2) is 104 Å². The summed E-state index contributed by atoms with van der Waals surface area (Å²) in [6.45, 7) is 6.86. The summed E-state index contributed by atoms with van der Waals surface area (Å²) in [4.78, 5) is 70.2. The number of methoxy groups -OCH3 is 1. The van der Waals surface area contributed by atoms with E-state index in [1.54, 1.807) is 33.1 Å². The number of nitrogens with one attached hydrogen (secondary N) is 1. The van der Waals surface area contributed by atoms with Crippen LogP contribution in [0, 0.1) is 11.8 Å². The number of carbonyl (C=O) groups is 5. The topological polar surface area (TPSA) is 152 Å². The lowest BCUT2D eigenvalue weighted by Crippen LogP contribution is -2.57. The SMILES string of the molecule is COc1ccc(C[C@@H](C(=O)OCc2ccccc2)N(C)C(=O)[C@H](C(C)C)N(C)C(=O)CNC(=O)[C@H](CC(C)C)N(C)C(=O)CN)cc1. The fourth-order valence-corrected chi connectivity index (χ4v) is 5.21. The van der Waals surface area contributed by atoms with Crippen molar-refractivity contribution in [1.29, 1.82) is 0 Å². The number of hydrogen-bond donors (Lipinski definition) is 2. The van der Waals surface area contributed by atoms with Gasteiger partial charge in [-0.3, -0.25) is 19.2 Å². The molecule has 0 aromatic heterocycles. The average Bonchev–Trinajstić information content (AvgIpc) is 3.06. The van der Waals surface area contributed by atoms with Crippen LogP contribution in [0.4, 0.5) is 0 Å². The fourth-order valence-electron chi connectivity index (χ4n) is 5.21. The van der Waals surface area contributed by atoms with Gasteiger partial charge >= 0.3 is 5.97 Å². The van der Waals surface area contributed by atoms with Crippen molar-refractivity contribution in [3.05, 3.63) is 65.7 Å². The molecule has 0 bridgehead atoms. The summed E-state index contributed by atoms with van der Waals surface area (Å²) in [5.74, 6) is -2.02. The highest BCUT2D eigenvalue weighted by molar-refractivity contribution is 5.93. The Morgan fingerprint density at radius 3 is 1.94 bits per heavy atom. The van der Waals surface area contributed by atoms with Crippen LogP contribution in [0.5, 0.6) is 5.75 Å². The fraction of sp³-hybridized carbons (Fsp3) is 0.514. The Bertz CT molecular complexity index is 1330. The maximum atomic E-state index is 14.1. The van der Waals surface area contributed by atoms with Crippen molar-refractivity contribution in [1.82, 2.24) is 20.0 Å². The first-order valence-corrected chi connectivity index (χ1v) is 15.8. The highest BCUT2D eigenvalue weighted by atomic mass is 16.5. The molecule has 0 unspecified atom stereocenters. The van der Waals surface area contributed by atoms with E-state index in [-0.39, 0.29) is 38.0 Å². The van der Waals surface area contributed by atoms with Crippen molar-refractivity contribution in [3.63, 3.8) is 0 Å². The lowest BCUT2D eigenvalue weighted by Gasteiger charge is -2.36. The van der Waals surface area contributed by atoms with E-state index < -0.39 is 47.7 Å². The predicted molar refractivity (Wildman–Crippen MR) is 179 cm³/mol. The van der Waals surface area contributed by atoms with E-state index in [1.807, 2.05) is 56.3 Å². The standard InChI is InChI=1S/C35H51N5O7/c1-23(2)18-28(38(5)30(41)20-36)33(43)37-21-31(42)40(7)32(24(3)4)34(44)39(6)29(19-25-14-16-27(46-8)17-15-25)35(45)47-22-26-12-10-9-11-13-26/h9-17,23-24,28-29,32H,18-22,36H2,1-8H3,(H,37,43)/t28-,29-,32-/m0/s1. The molecule has 3 N–H and O–H groups in total. The van der Waals surface area contributed by atoms with E-state index >= 15 is 0 Å². The molecule has 4 amide bonds. The Balaban J connectivity index is 2.25. The second-order valence-corrected chi connectivity index (χ2v) is 12.4. The van der Waals surface area contributed by atoms with Gasteiger partial charge in [0.25, 0.3) is 0 Å². The molecule has 0 spiro atoms. The highest BCUT2D eigenvalue weighted by Crippen LogP contribution is 2.20. The third-order valence-electron chi connectivity index (χ3n) is 8.04. The number of benzene rings is 2. The predicted octanol–water partition coefficient (Wildman–Crippen LogP) is 2.24. The number of amides is 4. The quantitative estimate of drug-likeness (QED) is 0.247. The van der Waals surface area contributed by atoms with E-state index in [9.17, 15) is 24.0 Å². The molecule has 12 heteroatoms. The largest absolute Gasteiger partial charge is 0.497 e. The lowest BCUT2D eigenvalue weighted by atomic mass is 9.98. The van der Waals surface area contributed by atoms with Crippen molar-refractivity contribution in [2.75, 3.05) is 41.3 Å². The van der Waals surface area contributed by atoms with Crippen LogP contribution >= 0.6 is 0 Å². The summed E-state index contributed by atoms with van der Waals surface area (Å²) in [5.41, 5.74) is 7.09. The van der Waals surface area contributed by atoms with Gasteiger partial charge in [-0.05, 0) is 41.5 Å². The number of ether oxygens (including phenoxy) is 2. The van der Waals surface area contributed by atoms with Crippen LogP contribution in [0.3, 0.4) is 0 Å². The third-order valence-corrected chi connectivity index (χ3v) is 8.04. The zero-order valence-corrected chi connectivity index (χ0v) is 28.9. The van der Waals surface area contributed by atoms with E-state index in [1.165, 1.54) is 35.8 Å². The van der Waals surface area contributed by atoms with Crippen molar-refractivity contribution in [2.24, 2.45) is 17.6 Å². The number of likely N-dealkylation sites (N-methyl/N-ethyl adjacent to an activating group) is 3. The number of carbonyl (C=O) groups excluding carboxylic acids is 5. The minimum atomic E-state index is -0.989. The molecule has 0 heterocycles. The number of hydrogen-bond acceptors (Lipinski definition) is 8. The van der Waals surface area contributed by atoms with Gasteiger partial charge in [0.05, 0.1) is 20.2 Å². The maximum absolute atomic E-state index is 14.1. The minimum absolute atomic E-state index is 0.0381. The molecule has 0 aliphatic heterocycles. The van der Waals surface area contributed by atoms with E-state index in [0.717, 1.165) is 11.1 Å². The number of rotatable bonds is 17. The molecule has 2 rings (SSSR count). The van der Waals surface area contributed by atoms with Crippen molar-refractivity contribution >= 4 is 29.6 Å². The van der Waals surface area contributed by atoms with Crippen molar-refractivity contribution < 1.29 is 33.4 Å². The van der Waals surface area contributed by atoms with Crippen LogP contribution in [0.1, 0.15) is 45.2 Å². The highest BCUT2D eigenvalue weighted by Gasteiger charge is 2.37. The zero-order valence-electron chi connectivity index (χ0n) is 28.9. The van der Waals surface area contributed by atoms with Crippen LogP contribution in [0.2, 0.25) is 0 Å². The normalized spacial score (nSPS) is 12.9. The van der Waals surface area contributed by atoms with Crippen molar-refractivity contribution in [3.8, 4) is 5.75 Å². The second kappa shape index (κ2) is 18.6. The first kappa shape index (κ1) is 38.7. The van der Waals surface area contributed by atoms with Crippen LogP contribution in [-0.2, 0) is 41.7 Å². The Kier molecular flexibility index (Phi) is 15.4. The molecule has 3 atom stereocenters. The monoisotopic (exact) mass is 653 g/mol.